The number of benzene rings is 3. The van der Waals surface area contributed by atoms with Gasteiger partial charge in [-0.25, -0.2) is 0 Å². The monoisotopic (exact) mass is 473 g/mol. The highest BCUT2D eigenvalue weighted by molar-refractivity contribution is 5.95. The Kier molecular flexibility index (Phi) is 8.13. The molecule has 0 spiro atoms. The second-order valence-corrected chi connectivity index (χ2v) is 8.92. The van der Waals surface area contributed by atoms with E-state index in [2.05, 4.69) is 15.5 Å². The van der Waals surface area contributed by atoms with Crippen LogP contribution in [0.2, 0.25) is 0 Å². The van der Waals surface area contributed by atoms with E-state index in [0.29, 0.717) is 0 Å². The van der Waals surface area contributed by atoms with E-state index in [1.807, 2.05) is 92.8 Å². The molecule has 0 saturated carbocycles. The molecule has 3 aromatic carbocycles. The Hall–Kier alpha value is -3.68. The van der Waals surface area contributed by atoms with Crippen molar-refractivity contribution >= 4 is 28.9 Å². The first-order valence-corrected chi connectivity index (χ1v) is 12.0. The number of nitrogens with one attached hydrogen (secondary N) is 3. The number of hydrogen-bond donors (Lipinski definition) is 3. The van der Waals surface area contributed by atoms with Crippen molar-refractivity contribution < 1.29 is 19.2 Å². The molecule has 7 nitrogen and oxygen atoms in total. The molecule has 3 N–H and O–H groups in total. The molecule has 0 radical (unpaired) electrons. The van der Waals surface area contributed by atoms with E-state index in [0.717, 1.165) is 59.4 Å². The molecule has 4 rings (SSSR count). The van der Waals surface area contributed by atoms with Crippen LogP contribution in [-0.2, 0) is 14.3 Å². The number of rotatable bonds is 8. The number of carbonyl (C=O) groups is 2. The lowest BCUT2D eigenvalue weighted by molar-refractivity contribution is -0.893. The molecule has 3 aromatic rings. The van der Waals surface area contributed by atoms with Gasteiger partial charge in [-0.1, -0.05) is 48.0 Å². The summed E-state index contributed by atoms with van der Waals surface area (Å²) in [6, 6.07) is 24.6. The van der Waals surface area contributed by atoms with Crippen molar-refractivity contribution in [3.63, 3.8) is 0 Å². The first-order chi connectivity index (χ1) is 17.0. The summed E-state index contributed by atoms with van der Waals surface area (Å²) in [6.45, 7) is 5.34. The number of hydrogen-bond acceptors (Lipinski definition) is 4. The average Bonchev–Trinajstić information content (AvgIpc) is 2.87. The largest absolute Gasteiger partial charge is 0.378 e. The molecule has 1 fully saturated rings. The minimum absolute atomic E-state index is 0.145. The molecule has 2 atom stereocenters. The molecule has 7 heteroatoms. The summed E-state index contributed by atoms with van der Waals surface area (Å²) in [6.07, 6.45) is 0. The number of likely N-dealkylation sites (N-methyl/N-ethyl adjacent to an activating group) is 1. The molecule has 182 valence electrons. The maximum Gasteiger partial charge on any atom is 0.287 e. The van der Waals surface area contributed by atoms with Crippen LogP contribution in [0.15, 0.2) is 78.9 Å². The van der Waals surface area contributed by atoms with Crippen molar-refractivity contribution in [2.45, 2.75) is 13.0 Å². The summed E-state index contributed by atoms with van der Waals surface area (Å²) >= 11 is 0. The summed E-state index contributed by atoms with van der Waals surface area (Å²) in [7, 11) is 1.87. The SMILES string of the molecule is Cc1ccc(NC(=O)[C@@H](c2ccccc2)[NH+](C)CC(=O)Nc2ccc(N3CCOCC3)cc2)cc1. The average molecular weight is 474 g/mol. The van der Waals surface area contributed by atoms with Crippen molar-refractivity contribution in [3.05, 3.63) is 90.0 Å². The van der Waals surface area contributed by atoms with Gasteiger partial charge in [-0.05, 0) is 43.3 Å². The van der Waals surface area contributed by atoms with Gasteiger partial charge in [-0.2, -0.15) is 0 Å². The number of anilines is 3. The number of ether oxygens (including phenoxy) is 1. The molecule has 35 heavy (non-hydrogen) atoms. The van der Waals surface area contributed by atoms with Crippen LogP contribution in [0.1, 0.15) is 17.2 Å². The minimum atomic E-state index is -0.535. The molecule has 0 bridgehead atoms. The highest BCUT2D eigenvalue weighted by Crippen LogP contribution is 2.19. The van der Waals surface area contributed by atoms with E-state index >= 15 is 0 Å². The predicted molar refractivity (Wildman–Crippen MR) is 139 cm³/mol. The van der Waals surface area contributed by atoms with E-state index in [9.17, 15) is 9.59 Å². The highest BCUT2D eigenvalue weighted by atomic mass is 16.5. The summed E-state index contributed by atoms with van der Waals surface area (Å²) in [5.74, 6) is -0.300. The van der Waals surface area contributed by atoms with Crippen LogP contribution in [0.4, 0.5) is 17.1 Å². The van der Waals surface area contributed by atoms with Gasteiger partial charge in [0.2, 0.25) is 0 Å². The van der Waals surface area contributed by atoms with Crippen molar-refractivity contribution in [1.29, 1.82) is 0 Å². The van der Waals surface area contributed by atoms with Crippen LogP contribution in [0.3, 0.4) is 0 Å². The van der Waals surface area contributed by atoms with Crippen LogP contribution >= 0.6 is 0 Å². The fourth-order valence-corrected chi connectivity index (χ4v) is 4.29. The Morgan fingerprint density at radius 3 is 2.14 bits per heavy atom. The second kappa shape index (κ2) is 11.6. The minimum Gasteiger partial charge on any atom is -0.378 e. The number of amides is 2. The van der Waals surface area contributed by atoms with E-state index in [1.54, 1.807) is 0 Å². The van der Waals surface area contributed by atoms with E-state index in [1.165, 1.54) is 0 Å². The number of morpholine rings is 1. The van der Waals surface area contributed by atoms with E-state index < -0.39 is 6.04 Å². The molecular weight excluding hydrogens is 440 g/mol. The normalized spacial score (nSPS) is 15.2. The van der Waals surface area contributed by atoms with Gasteiger partial charge in [0.15, 0.2) is 12.6 Å². The van der Waals surface area contributed by atoms with Crippen molar-refractivity contribution in [3.8, 4) is 0 Å². The topological polar surface area (TPSA) is 75.1 Å². The zero-order chi connectivity index (χ0) is 24.6. The fourth-order valence-electron chi connectivity index (χ4n) is 4.29. The van der Waals surface area contributed by atoms with Crippen LogP contribution in [0.25, 0.3) is 0 Å². The standard InChI is InChI=1S/C28H32N4O3/c1-21-8-10-24(11-9-21)30-28(34)27(22-6-4-3-5-7-22)31(2)20-26(33)29-23-12-14-25(15-13-23)32-16-18-35-19-17-32/h3-15,27H,16-20H2,1-2H3,(H,29,33)(H,30,34)/p+1/t27-/m1/s1. The highest BCUT2D eigenvalue weighted by Gasteiger charge is 2.30. The van der Waals surface area contributed by atoms with Crippen LogP contribution in [0, 0.1) is 6.92 Å². The third kappa shape index (κ3) is 6.68. The Labute approximate surface area is 206 Å². The van der Waals surface area contributed by atoms with Crippen molar-refractivity contribution in [2.24, 2.45) is 0 Å². The molecule has 1 saturated heterocycles. The first-order valence-electron chi connectivity index (χ1n) is 12.0. The fraction of sp³-hybridized carbons (Fsp3) is 0.286. The van der Waals surface area contributed by atoms with E-state index in [4.69, 9.17) is 4.74 Å². The number of nitrogens with zero attached hydrogens (tertiary/aromatic N) is 1. The second-order valence-electron chi connectivity index (χ2n) is 8.92. The molecule has 1 unspecified atom stereocenters. The summed E-state index contributed by atoms with van der Waals surface area (Å²) < 4.78 is 5.41. The van der Waals surface area contributed by atoms with Gasteiger partial charge in [0.05, 0.1) is 20.3 Å². The molecule has 0 aromatic heterocycles. The number of quaternary nitrogens is 1. The third-order valence-electron chi connectivity index (χ3n) is 6.17. The Morgan fingerprint density at radius 2 is 1.49 bits per heavy atom. The summed E-state index contributed by atoms with van der Waals surface area (Å²) in [4.78, 5) is 29.2. The van der Waals surface area contributed by atoms with Crippen molar-refractivity contribution in [2.75, 3.05) is 55.4 Å². The quantitative estimate of drug-likeness (QED) is 0.470. The maximum absolute atomic E-state index is 13.3. The zero-order valence-corrected chi connectivity index (χ0v) is 20.3. The zero-order valence-electron chi connectivity index (χ0n) is 20.3. The maximum atomic E-state index is 13.3. The van der Waals surface area contributed by atoms with E-state index in [-0.39, 0.29) is 18.4 Å². The lowest BCUT2D eigenvalue weighted by Crippen LogP contribution is -3.11. The van der Waals surface area contributed by atoms with Crippen LogP contribution < -0.4 is 20.4 Å². The number of carbonyl (C=O) groups excluding carboxylic acids is 2. The van der Waals surface area contributed by atoms with Gasteiger partial charge in [-0.15, -0.1) is 0 Å². The molecule has 0 aliphatic carbocycles. The molecule has 1 heterocycles. The van der Waals surface area contributed by atoms with Crippen LogP contribution in [0.5, 0.6) is 0 Å². The van der Waals surface area contributed by atoms with Gasteiger partial charge in [0.25, 0.3) is 11.8 Å². The Morgan fingerprint density at radius 1 is 0.886 bits per heavy atom. The van der Waals surface area contributed by atoms with Gasteiger partial charge >= 0.3 is 0 Å². The van der Waals surface area contributed by atoms with Gasteiger partial charge < -0.3 is 25.2 Å². The summed E-state index contributed by atoms with van der Waals surface area (Å²) in [5, 5.41) is 5.97. The molecule has 1 aliphatic rings. The Bertz CT molecular complexity index is 1110. The van der Waals surface area contributed by atoms with Gasteiger partial charge in [0.1, 0.15) is 0 Å². The predicted octanol–water partition coefficient (Wildman–Crippen LogP) is 2.66. The summed E-state index contributed by atoms with van der Waals surface area (Å²) in [5.41, 5.74) is 4.57. The number of aryl methyl sites for hydroxylation is 1. The third-order valence-corrected chi connectivity index (χ3v) is 6.17. The molecule has 2 amide bonds. The van der Waals surface area contributed by atoms with Crippen LogP contribution in [-0.4, -0.2) is 51.7 Å². The molecule has 1 aliphatic heterocycles. The lowest BCUT2D eigenvalue weighted by atomic mass is 10.0. The van der Waals surface area contributed by atoms with Crippen molar-refractivity contribution in [1.82, 2.24) is 0 Å². The molecular formula is C28H33N4O3+. The Balaban J connectivity index is 1.41. The first kappa shape index (κ1) is 24.4. The lowest BCUT2D eigenvalue weighted by Gasteiger charge is -2.29. The smallest absolute Gasteiger partial charge is 0.287 e. The van der Waals surface area contributed by atoms with Gasteiger partial charge in [-0.3, -0.25) is 9.59 Å². The van der Waals surface area contributed by atoms with Gasteiger partial charge in [0, 0.05) is 35.7 Å².